The lowest BCUT2D eigenvalue weighted by molar-refractivity contribution is -0.115. The molecule has 0 fully saturated rings. The number of nitrogens with one attached hydrogen (secondary N) is 2. The highest BCUT2D eigenvalue weighted by atomic mass is 16.2. The Morgan fingerprint density at radius 2 is 1.64 bits per heavy atom. The third-order valence-electron chi connectivity index (χ3n) is 3.40. The number of hydrogen-bond donors (Lipinski definition) is 2. The van der Waals surface area contributed by atoms with Crippen LogP contribution in [0.1, 0.15) is 34.8 Å². The molecular weight excluding hydrogens is 276 g/mol. The lowest BCUT2D eigenvalue weighted by Gasteiger charge is -2.11. The average Bonchev–Trinajstić information content (AvgIpc) is 2.51. The van der Waals surface area contributed by atoms with Gasteiger partial charge in [-0.15, -0.1) is 0 Å². The summed E-state index contributed by atoms with van der Waals surface area (Å²) in [5.41, 5.74) is 4.04. The Kier molecular flexibility index (Phi) is 4.94. The fourth-order valence-corrected chi connectivity index (χ4v) is 1.98. The highest BCUT2D eigenvalue weighted by molar-refractivity contribution is 6.04. The minimum atomic E-state index is -0.170. The van der Waals surface area contributed by atoms with Gasteiger partial charge in [0.25, 0.3) is 5.91 Å². The first kappa shape index (κ1) is 15.8. The second-order valence-electron chi connectivity index (χ2n) is 5.25. The summed E-state index contributed by atoms with van der Waals surface area (Å²) in [5.74, 6) is -0.221. The van der Waals surface area contributed by atoms with E-state index in [-0.39, 0.29) is 11.8 Å². The van der Waals surface area contributed by atoms with Crippen LogP contribution < -0.4 is 10.6 Å². The molecule has 2 amide bonds. The van der Waals surface area contributed by atoms with Crippen molar-refractivity contribution < 1.29 is 9.59 Å². The predicted molar refractivity (Wildman–Crippen MR) is 89.2 cm³/mol. The monoisotopic (exact) mass is 296 g/mol. The van der Waals surface area contributed by atoms with Gasteiger partial charge in [0.05, 0.1) is 0 Å². The molecule has 2 aromatic rings. The predicted octanol–water partition coefficient (Wildman–Crippen LogP) is 3.90. The van der Waals surface area contributed by atoms with E-state index >= 15 is 0 Å². The van der Waals surface area contributed by atoms with E-state index in [1.54, 1.807) is 25.1 Å². The van der Waals surface area contributed by atoms with Crippen LogP contribution in [-0.2, 0) is 4.79 Å². The van der Waals surface area contributed by atoms with E-state index in [4.69, 9.17) is 0 Å². The maximum atomic E-state index is 12.2. The van der Waals surface area contributed by atoms with Crippen LogP contribution in [0.2, 0.25) is 0 Å². The Balaban J connectivity index is 2.15. The molecule has 4 nitrogen and oxygen atoms in total. The van der Waals surface area contributed by atoms with Gasteiger partial charge in [-0.1, -0.05) is 30.7 Å². The third-order valence-corrected chi connectivity index (χ3v) is 3.40. The second-order valence-corrected chi connectivity index (χ2v) is 5.25. The Hall–Kier alpha value is -2.62. The summed E-state index contributed by atoms with van der Waals surface area (Å²) in [4.78, 5) is 23.7. The summed E-state index contributed by atoms with van der Waals surface area (Å²) < 4.78 is 0. The second kappa shape index (κ2) is 6.89. The highest BCUT2D eigenvalue weighted by Gasteiger charge is 2.08. The number of carbonyl (C=O) groups is 2. The van der Waals surface area contributed by atoms with Crippen LogP contribution in [0, 0.1) is 13.8 Å². The molecule has 0 aromatic heterocycles. The summed E-state index contributed by atoms with van der Waals surface area (Å²) in [6, 6.07) is 12.8. The van der Waals surface area contributed by atoms with Gasteiger partial charge in [0, 0.05) is 23.4 Å². The molecule has 0 aliphatic carbocycles. The maximum absolute atomic E-state index is 12.2. The van der Waals surface area contributed by atoms with Crippen molar-refractivity contribution in [2.45, 2.75) is 27.2 Å². The van der Waals surface area contributed by atoms with Gasteiger partial charge in [-0.05, 0) is 43.7 Å². The van der Waals surface area contributed by atoms with Crippen LogP contribution in [0.3, 0.4) is 0 Å². The Bertz CT molecular complexity index is 691. The first-order chi connectivity index (χ1) is 10.5. The summed E-state index contributed by atoms with van der Waals surface area (Å²) >= 11 is 0. The molecule has 2 aromatic carbocycles. The molecule has 22 heavy (non-hydrogen) atoms. The van der Waals surface area contributed by atoms with Gasteiger partial charge in [0.15, 0.2) is 0 Å². The quantitative estimate of drug-likeness (QED) is 0.899. The van der Waals surface area contributed by atoms with Crippen LogP contribution >= 0.6 is 0 Å². The standard InChI is InChI=1S/C18H20N2O2/c1-4-17(21)20-16-11-15(10-7-13(16)3)19-18(22)14-8-5-12(2)6-9-14/h5-11H,4H2,1-3H3,(H,19,22)(H,20,21). The molecule has 0 saturated heterocycles. The van der Waals surface area contributed by atoms with E-state index in [0.29, 0.717) is 23.4 Å². The number of hydrogen-bond acceptors (Lipinski definition) is 2. The molecule has 0 atom stereocenters. The molecule has 0 bridgehead atoms. The number of carbonyl (C=O) groups excluding carboxylic acids is 2. The zero-order valence-electron chi connectivity index (χ0n) is 13.1. The summed E-state index contributed by atoms with van der Waals surface area (Å²) in [5, 5.41) is 5.68. The maximum Gasteiger partial charge on any atom is 0.255 e. The molecule has 0 radical (unpaired) electrons. The molecule has 0 aliphatic rings. The SMILES string of the molecule is CCC(=O)Nc1cc(NC(=O)c2ccc(C)cc2)ccc1C. The summed E-state index contributed by atoms with van der Waals surface area (Å²) in [6.45, 7) is 5.69. The summed E-state index contributed by atoms with van der Waals surface area (Å²) in [7, 11) is 0. The van der Waals surface area contributed by atoms with Gasteiger partial charge < -0.3 is 10.6 Å². The van der Waals surface area contributed by atoms with Crippen molar-refractivity contribution in [3.8, 4) is 0 Å². The number of amides is 2. The molecule has 0 unspecified atom stereocenters. The molecular formula is C18H20N2O2. The molecule has 0 heterocycles. The van der Waals surface area contributed by atoms with Crippen LogP contribution in [0.25, 0.3) is 0 Å². The van der Waals surface area contributed by atoms with E-state index in [2.05, 4.69) is 10.6 Å². The lowest BCUT2D eigenvalue weighted by atomic mass is 10.1. The van der Waals surface area contributed by atoms with E-state index in [0.717, 1.165) is 11.1 Å². The van der Waals surface area contributed by atoms with Crippen molar-refractivity contribution >= 4 is 23.2 Å². The molecule has 0 spiro atoms. The van der Waals surface area contributed by atoms with Crippen molar-refractivity contribution in [3.63, 3.8) is 0 Å². The van der Waals surface area contributed by atoms with Crippen LogP contribution in [0.5, 0.6) is 0 Å². The molecule has 2 rings (SSSR count). The van der Waals surface area contributed by atoms with Crippen molar-refractivity contribution in [2.24, 2.45) is 0 Å². The lowest BCUT2D eigenvalue weighted by Crippen LogP contribution is -2.14. The number of rotatable bonds is 4. The normalized spacial score (nSPS) is 10.1. The average molecular weight is 296 g/mol. The zero-order chi connectivity index (χ0) is 16.1. The van der Waals surface area contributed by atoms with Crippen LogP contribution in [-0.4, -0.2) is 11.8 Å². The highest BCUT2D eigenvalue weighted by Crippen LogP contribution is 2.21. The molecule has 114 valence electrons. The number of benzene rings is 2. The third kappa shape index (κ3) is 3.95. The largest absolute Gasteiger partial charge is 0.326 e. The Morgan fingerprint density at radius 1 is 0.955 bits per heavy atom. The Morgan fingerprint density at radius 3 is 2.27 bits per heavy atom. The van der Waals surface area contributed by atoms with Gasteiger partial charge in [0.2, 0.25) is 5.91 Å². The van der Waals surface area contributed by atoms with Crippen molar-refractivity contribution in [1.82, 2.24) is 0 Å². The smallest absolute Gasteiger partial charge is 0.255 e. The van der Waals surface area contributed by atoms with E-state index < -0.39 is 0 Å². The van der Waals surface area contributed by atoms with Gasteiger partial charge >= 0.3 is 0 Å². The molecule has 2 N–H and O–H groups in total. The topological polar surface area (TPSA) is 58.2 Å². The van der Waals surface area contributed by atoms with Crippen molar-refractivity contribution in [2.75, 3.05) is 10.6 Å². The molecule has 0 saturated carbocycles. The first-order valence-electron chi connectivity index (χ1n) is 7.28. The fourth-order valence-electron chi connectivity index (χ4n) is 1.98. The zero-order valence-corrected chi connectivity index (χ0v) is 13.1. The molecule has 0 aliphatic heterocycles. The number of anilines is 2. The van der Waals surface area contributed by atoms with E-state index in [9.17, 15) is 9.59 Å². The van der Waals surface area contributed by atoms with E-state index in [1.807, 2.05) is 38.1 Å². The Labute approximate surface area is 130 Å². The van der Waals surface area contributed by atoms with Crippen LogP contribution in [0.15, 0.2) is 42.5 Å². The summed E-state index contributed by atoms with van der Waals surface area (Å²) in [6.07, 6.45) is 0.416. The van der Waals surface area contributed by atoms with Crippen LogP contribution in [0.4, 0.5) is 11.4 Å². The van der Waals surface area contributed by atoms with Gasteiger partial charge in [-0.3, -0.25) is 9.59 Å². The van der Waals surface area contributed by atoms with Gasteiger partial charge in [0.1, 0.15) is 0 Å². The fraction of sp³-hybridized carbons (Fsp3) is 0.222. The van der Waals surface area contributed by atoms with Gasteiger partial charge in [-0.25, -0.2) is 0 Å². The first-order valence-corrected chi connectivity index (χ1v) is 7.28. The molecule has 4 heteroatoms. The minimum absolute atomic E-state index is 0.0508. The minimum Gasteiger partial charge on any atom is -0.326 e. The van der Waals surface area contributed by atoms with Crippen molar-refractivity contribution in [1.29, 1.82) is 0 Å². The van der Waals surface area contributed by atoms with Gasteiger partial charge in [-0.2, -0.15) is 0 Å². The number of aryl methyl sites for hydroxylation is 2. The van der Waals surface area contributed by atoms with E-state index in [1.165, 1.54) is 0 Å². The van der Waals surface area contributed by atoms with Crippen molar-refractivity contribution in [3.05, 3.63) is 59.2 Å².